The Morgan fingerprint density at radius 1 is 1.18 bits per heavy atom. The molecule has 0 aliphatic rings. The summed E-state index contributed by atoms with van der Waals surface area (Å²) < 4.78 is 12.8. The Bertz CT molecular complexity index is 1150. The molecule has 0 aliphatic carbocycles. The van der Waals surface area contributed by atoms with E-state index in [4.69, 9.17) is 32.5 Å². The highest BCUT2D eigenvalue weighted by Gasteiger charge is 2.18. The van der Waals surface area contributed by atoms with Crippen LogP contribution in [0.25, 0.3) is 28.6 Å². The van der Waals surface area contributed by atoms with E-state index < -0.39 is 0 Å². The molecule has 144 valence electrons. The van der Waals surface area contributed by atoms with Gasteiger partial charge in [-0.05, 0) is 38.5 Å². The number of rotatable bonds is 5. The molecule has 4 rings (SSSR count). The molecule has 0 spiro atoms. The zero-order valence-corrected chi connectivity index (χ0v) is 17.0. The first-order valence-electron chi connectivity index (χ1n) is 8.77. The van der Waals surface area contributed by atoms with E-state index in [0.29, 0.717) is 38.5 Å². The smallest absolute Gasteiger partial charge is 0.278 e. The Balaban J connectivity index is 1.67. The predicted octanol–water partition coefficient (Wildman–Crippen LogP) is 5.24. The Morgan fingerprint density at radius 3 is 2.79 bits per heavy atom. The van der Waals surface area contributed by atoms with Crippen LogP contribution in [-0.4, -0.2) is 30.8 Å². The molecule has 0 aliphatic heterocycles. The van der Waals surface area contributed by atoms with Crippen molar-refractivity contribution < 1.29 is 9.26 Å². The summed E-state index contributed by atoms with van der Waals surface area (Å²) in [6, 6.07) is 7.09. The van der Waals surface area contributed by atoms with Gasteiger partial charge in [0, 0.05) is 11.6 Å². The van der Waals surface area contributed by atoms with Gasteiger partial charge in [-0.15, -0.1) is 0 Å². The van der Waals surface area contributed by atoms with Gasteiger partial charge in [-0.2, -0.15) is 10.1 Å². The van der Waals surface area contributed by atoms with Crippen LogP contribution in [0.4, 0.5) is 0 Å². The predicted molar refractivity (Wildman–Crippen MR) is 107 cm³/mol. The molecule has 7 nitrogen and oxygen atoms in total. The van der Waals surface area contributed by atoms with Gasteiger partial charge in [0.1, 0.15) is 11.4 Å². The van der Waals surface area contributed by atoms with Crippen molar-refractivity contribution in [2.75, 3.05) is 0 Å². The molecule has 1 aromatic carbocycles. The number of aryl methyl sites for hydroxylation is 1. The highest BCUT2D eigenvalue weighted by Crippen LogP contribution is 2.37. The Kier molecular flexibility index (Phi) is 4.95. The first-order chi connectivity index (χ1) is 13.4. The SMILES string of the molecule is CCC(C)Oc1cc(Cl)c(-c2noc(-c3cn4nc(C)ccc4n3)n2)cc1Cl. The molecule has 0 bridgehead atoms. The monoisotopic (exact) mass is 417 g/mol. The van der Waals surface area contributed by atoms with Crippen molar-refractivity contribution >= 4 is 28.8 Å². The summed E-state index contributed by atoms with van der Waals surface area (Å²) in [5.74, 6) is 1.11. The first-order valence-corrected chi connectivity index (χ1v) is 9.53. The standard InChI is InChI=1S/C19H17Cl2N5O2/c1-4-11(3)27-16-8-13(20)12(7-14(16)21)18-23-19(28-25-18)15-9-26-17(22-15)6-5-10(2)24-26/h5-9,11H,4H2,1-3H3. The van der Waals surface area contributed by atoms with E-state index in [9.17, 15) is 0 Å². The molecule has 0 saturated heterocycles. The zero-order valence-electron chi connectivity index (χ0n) is 15.5. The van der Waals surface area contributed by atoms with Crippen LogP contribution in [0.15, 0.2) is 35.0 Å². The molecule has 1 atom stereocenters. The molecular weight excluding hydrogens is 401 g/mol. The second kappa shape index (κ2) is 7.41. The van der Waals surface area contributed by atoms with Crippen LogP contribution in [0.5, 0.6) is 5.75 Å². The highest BCUT2D eigenvalue weighted by atomic mass is 35.5. The number of hydrogen-bond acceptors (Lipinski definition) is 6. The molecule has 28 heavy (non-hydrogen) atoms. The number of benzene rings is 1. The molecule has 0 N–H and O–H groups in total. The van der Waals surface area contributed by atoms with Crippen LogP contribution in [0.3, 0.4) is 0 Å². The third-order valence-electron chi connectivity index (χ3n) is 4.26. The summed E-state index contributed by atoms with van der Waals surface area (Å²) in [7, 11) is 0. The Morgan fingerprint density at radius 2 is 2.00 bits per heavy atom. The van der Waals surface area contributed by atoms with E-state index in [2.05, 4.69) is 20.2 Å². The molecular formula is C19H17Cl2N5O2. The number of fused-ring (bicyclic) bond motifs is 1. The van der Waals surface area contributed by atoms with Crippen LogP contribution in [0.1, 0.15) is 26.0 Å². The van der Waals surface area contributed by atoms with Gasteiger partial charge >= 0.3 is 0 Å². The molecule has 0 fully saturated rings. The van der Waals surface area contributed by atoms with E-state index in [0.717, 1.165) is 12.1 Å². The van der Waals surface area contributed by atoms with Gasteiger partial charge in [0.2, 0.25) is 5.82 Å². The fraction of sp³-hybridized carbons (Fsp3) is 0.263. The van der Waals surface area contributed by atoms with E-state index in [1.165, 1.54) is 0 Å². The van der Waals surface area contributed by atoms with Gasteiger partial charge in [0.25, 0.3) is 5.89 Å². The van der Waals surface area contributed by atoms with E-state index >= 15 is 0 Å². The quantitative estimate of drug-likeness (QED) is 0.441. The Hall–Kier alpha value is -2.64. The summed E-state index contributed by atoms with van der Waals surface area (Å²) in [5.41, 5.74) is 2.64. The van der Waals surface area contributed by atoms with Crippen molar-refractivity contribution in [3.63, 3.8) is 0 Å². The van der Waals surface area contributed by atoms with Crippen molar-refractivity contribution in [2.45, 2.75) is 33.3 Å². The molecule has 1 unspecified atom stereocenters. The van der Waals surface area contributed by atoms with Gasteiger partial charge in [0.05, 0.1) is 28.0 Å². The van der Waals surface area contributed by atoms with Gasteiger partial charge in [0.15, 0.2) is 5.65 Å². The number of halogens is 2. The highest BCUT2D eigenvalue weighted by molar-refractivity contribution is 6.36. The maximum atomic E-state index is 6.41. The number of nitrogens with zero attached hydrogens (tertiary/aromatic N) is 5. The lowest BCUT2D eigenvalue weighted by molar-refractivity contribution is 0.217. The van der Waals surface area contributed by atoms with Crippen molar-refractivity contribution in [1.82, 2.24) is 24.7 Å². The van der Waals surface area contributed by atoms with Crippen LogP contribution >= 0.6 is 23.2 Å². The van der Waals surface area contributed by atoms with Crippen LogP contribution < -0.4 is 4.74 Å². The van der Waals surface area contributed by atoms with Gasteiger partial charge in [-0.25, -0.2) is 9.50 Å². The molecule has 0 amide bonds. The summed E-state index contributed by atoms with van der Waals surface area (Å²) in [5, 5.41) is 9.23. The largest absolute Gasteiger partial charge is 0.489 e. The maximum Gasteiger partial charge on any atom is 0.278 e. The minimum atomic E-state index is 0.0310. The fourth-order valence-corrected chi connectivity index (χ4v) is 3.05. The van der Waals surface area contributed by atoms with Crippen molar-refractivity contribution in [2.24, 2.45) is 0 Å². The molecule has 9 heteroatoms. The molecule has 0 saturated carbocycles. The lowest BCUT2D eigenvalue weighted by Gasteiger charge is -2.14. The zero-order chi connectivity index (χ0) is 19.8. The minimum absolute atomic E-state index is 0.0310. The molecule has 4 aromatic rings. The average Bonchev–Trinajstić information content (AvgIpc) is 3.30. The number of ether oxygens (including phenoxy) is 1. The number of aromatic nitrogens is 5. The van der Waals surface area contributed by atoms with E-state index in [1.54, 1.807) is 22.8 Å². The van der Waals surface area contributed by atoms with Crippen molar-refractivity contribution in [3.8, 4) is 28.7 Å². The topological polar surface area (TPSA) is 78.3 Å². The van der Waals surface area contributed by atoms with Crippen LogP contribution in [0.2, 0.25) is 10.0 Å². The van der Waals surface area contributed by atoms with Crippen LogP contribution in [-0.2, 0) is 0 Å². The summed E-state index contributed by atoms with van der Waals surface area (Å²) in [6.45, 7) is 5.91. The minimum Gasteiger partial charge on any atom is -0.489 e. The third kappa shape index (κ3) is 3.55. The van der Waals surface area contributed by atoms with Gasteiger partial charge in [-0.1, -0.05) is 35.3 Å². The summed E-state index contributed by atoms with van der Waals surface area (Å²) in [4.78, 5) is 8.86. The molecule has 3 aromatic heterocycles. The average molecular weight is 418 g/mol. The Labute approximate surface area is 171 Å². The van der Waals surface area contributed by atoms with Gasteiger partial charge in [-0.3, -0.25) is 0 Å². The second-order valence-electron chi connectivity index (χ2n) is 6.43. The molecule has 0 radical (unpaired) electrons. The second-order valence-corrected chi connectivity index (χ2v) is 7.24. The van der Waals surface area contributed by atoms with E-state index in [-0.39, 0.29) is 12.0 Å². The first kappa shape index (κ1) is 18.7. The van der Waals surface area contributed by atoms with Gasteiger partial charge < -0.3 is 9.26 Å². The molecule has 3 heterocycles. The fourth-order valence-electron chi connectivity index (χ4n) is 2.61. The van der Waals surface area contributed by atoms with Crippen molar-refractivity contribution in [1.29, 1.82) is 0 Å². The maximum absolute atomic E-state index is 6.41. The number of imidazole rings is 1. The number of hydrogen-bond donors (Lipinski definition) is 0. The van der Waals surface area contributed by atoms with Crippen molar-refractivity contribution in [3.05, 3.63) is 46.2 Å². The van der Waals surface area contributed by atoms with E-state index in [1.807, 2.05) is 32.9 Å². The summed E-state index contributed by atoms with van der Waals surface area (Å²) in [6.07, 6.45) is 2.62. The summed E-state index contributed by atoms with van der Waals surface area (Å²) >= 11 is 12.8. The normalized spacial score (nSPS) is 12.5. The third-order valence-corrected chi connectivity index (χ3v) is 4.87. The van der Waals surface area contributed by atoms with Crippen LogP contribution in [0, 0.1) is 6.92 Å². The lowest BCUT2D eigenvalue weighted by atomic mass is 10.2. The lowest BCUT2D eigenvalue weighted by Crippen LogP contribution is -2.10.